The van der Waals surface area contributed by atoms with Crippen LogP contribution in [0.4, 0.5) is 0 Å². The van der Waals surface area contributed by atoms with E-state index in [0.717, 1.165) is 22.3 Å². The van der Waals surface area contributed by atoms with Crippen molar-refractivity contribution in [2.75, 3.05) is 0 Å². The topological polar surface area (TPSA) is 61.2 Å². The summed E-state index contributed by atoms with van der Waals surface area (Å²) in [6, 6.07) is 17.5. The first kappa shape index (κ1) is 20.0. The fourth-order valence-electron chi connectivity index (χ4n) is 3.35. The molecule has 0 aliphatic carbocycles. The van der Waals surface area contributed by atoms with Crippen molar-refractivity contribution in [3.8, 4) is 22.3 Å². The zero-order chi connectivity index (χ0) is 21.3. The number of hydrogen-bond donors (Lipinski definition) is 0. The summed E-state index contributed by atoms with van der Waals surface area (Å²) in [5.41, 5.74) is 3.78. The van der Waals surface area contributed by atoms with Crippen LogP contribution in [-0.2, 0) is 9.53 Å². The second kappa shape index (κ2) is 8.24. The Morgan fingerprint density at radius 1 is 0.967 bits per heavy atom. The molecular formula is C24H22N2O3S. The molecule has 4 aromatic rings. The van der Waals surface area contributed by atoms with E-state index < -0.39 is 12.0 Å². The second-order valence-electron chi connectivity index (χ2n) is 7.39. The fraction of sp³-hybridized carbons (Fsp3) is 0.208. The van der Waals surface area contributed by atoms with Crippen LogP contribution >= 0.6 is 11.3 Å². The van der Waals surface area contributed by atoms with Gasteiger partial charge in [0.25, 0.3) is 5.56 Å². The van der Waals surface area contributed by atoms with E-state index in [-0.39, 0.29) is 11.7 Å². The van der Waals surface area contributed by atoms with Crippen LogP contribution in [0.1, 0.15) is 26.8 Å². The molecular weight excluding hydrogens is 396 g/mol. The third-order valence-electron chi connectivity index (χ3n) is 4.93. The van der Waals surface area contributed by atoms with Crippen LogP contribution in [0.5, 0.6) is 0 Å². The Morgan fingerprint density at radius 2 is 1.60 bits per heavy atom. The van der Waals surface area contributed by atoms with Crippen LogP contribution in [-0.4, -0.2) is 21.6 Å². The van der Waals surface area contributed by atoms with Crippen molar-refractivity contribution in [3.63, 3.8) is 0 Å². The Labute approximate surface area is 178 Å². The van der Waals surface area contributed by atoms with Gasteiger partial charge in [0.05, 0.1) is 17.8 Å². The maximum Gasteiger partial charge on any atom is 0.329 e. The lowest BCUT2D eigenvalue weighted by molar-refractivity contribution is -0.151. The van der Waals surface area contributed by atoms with E-state index in [9.17, 15) is 9.59 Å². The molecule has 0 saturated heterocycles. The summed E-state index contributed by atoms with van der Waals surface area (Å²) >= 11 is 1.42. The van der Waals surface area contributed by atoms with Crippen molar-refractivity contribution in [3.05, 3.63) is 76.7 Å². The van der Waals surface area contributed by atoms with Crippen LogP contribution in [0.25, 0.3) is 32.5 Å². The molecule has 1 atom stereocenters. The maximum atomic E-state index is 13.2. The number of carbonyl (C=O) groups is 1. The van der Waals surface area contributed by atoms with Crippen molar-refractivity contribution >= 4 is 27.5 Å². The first-order chi connectivity index (χ1) is 14.5. The monoisotopic (exact) mass is 418 g/mol. The molecule has 2 aromatic heterocycles. The number of fused-ring (bicyclic) bond motifs is 1. The summed E-state index contributed by atoms with van der Waals surface area (Å²) < 4.78 is 6.61. The highest BCUT2D eigenvalue weighted by molar-refractivity contribution is 7.17. The summed E-state index contributed by atoms with van der Waals surface area (Å²) in [5.74, 6) is -0.447. The van der Waals surface area contributed by atoms with Gasteiger partial charge >= 0.3 is 5.97 Å². The van der Waals surface area contributed by atoms with Crippen molar-refractivity contribution in [1.82, 2.24) is 9.55 Å². The molecule has 0 spiro atoms. The molecule has 0 aliphatic heterocycles. The first-order valence-electron chi connectivity index (χ1n) is 9.80. The van der Waals surface area contributed by atoms with Gasteiger partial charge in [-0.25, -0.2) is 9.78 Å². The summed E-state index contributed by atoms with van der Waals surface area (Å²) in [4.78, 5) is 30.6. The zero-order valence-corrected chi connectivity index (χ0v) is 17.8. The van der Waals surface area contributed by atoms with Gasteiger partial charge in [-0.1, -0.05) is 54.6 Å². The second-order valence-corrected chi connectivity index (χ2v) is 8.25. The van der Waals surface area contributed by atoms with E-state index in [0.29, 0.717) is 10.2 Å². The largest absolute Gasteiger partial charge is 0.461 e. The Bertz CT molecular complexity index is 1240. The number of thiophene rings is 1. The highest BCUT2D eigenvalue weighted by atomic mass is 32.1. The predicted octanol–water partition coefficient (Wildman–Crippen LogP) is 5.30. The number of carbonyl (C=O) groups excluding carboxylic acids is 1. The average molecular weight is 419 g/mol. The van der Waals surface area contributed by atoms with E-state index in [1.54, 1.807) is 20.8 Å². The molecule has 2 aromatic carbocycles. The number of hydrogen-bond acceptors (Lipinski definition) is 5. The summed E-state index contributed by atoms with van der Waals surface area (Å²) in [7, 11) is 0. The van der Waals surface area contributed by atoms with Crippen LogP contribution in [0.15, 0.2) is 71.1 Å². The van der Waals surface area contributed by atoms with Gasteiger partial charge in [0.1, 0.15) is 10.9 Å². The molecule has 0 aliphatic rings. The Hall–Kier alpha value is -3.25. The molecule has 5 nitrogen and oxygen atoms in total. The van der Waals surface area contributed by atoms with Crippen molar-refractivity contribution in [2.45, 2.75) is 32.9 Å². The minimum atomic E-state index is -0.745. The number of benzene rings is 2. The lowest BCUT2D eigenvalue weighted by Crippen LogP contribution is -2.30. The summed E-state index contributed by atoms with van der Waals surface area (Å²) in [5, 5.41) is 2.47. The summed E-state index contributed by atoms with van der Waals surface area (Å²) in [6.07, 6.45) is 1.18. The number of esters is 1. The number of ether oxygens (including phenoxy) is 1. The Balaban J connectivity index is 1.74. The fourth-order valence-corrected chi connectivity index (χ4v) is 4.26. The van der Waals surface area contributed by atoms with Crippen molar-refractivity contribution < 1.29 is 9.53 Å². The third kappa shape index (κ3) is 3.78. The van der Waals surface area contributed by atoms with Gasteiger partial charge < -0.3 is 4.74 Å². The van der Waals surface area contributed by atoms with Gasteiger partial charge in [-0.3, -0.25) is 9.36 Å². The molecule has 1 unspecified atom stereocenters. The lowest BCUT2D eigenvalue weighted by Gasteiger charge is -2.16. The smallest absolute Gasteiger partial charge is 0.329 e. The molecule has 2 heterocycles. The Kier molecular flexibility index (Phi) is 5.50. The van der Waals surface area contributed by atoms with Gasteiger partial charge in [0.2, 0.25) is 0 Å². The summed E-state index contributed by atoms with van der Waals surface area (Å²) in [6.45, 7) is 5.22. The SMILES string of the molecule is CC(C)OC(=O)C(C)n1cnc2scc(-c3ccc(-c4ccccc4)cc3)c2c1=O. The lowest BCUT2D eigenvalue weighted by atomic mass is 10.0. The van der Waals surface area contributed by atoms with Gasteiger partial charge in [-0.15, -0.1) is 11.3 Å². The van der Waals surface area contributed by atoms with Gasteiger partial charge in [0.15, 0.2) is 0 Å². The number of nitrogens with zero attached hydrogens (tertiary/aromatic N) is 2. The van der Waals surface area contributed by atoms with Crippen molar-refractivity contribution in [1.29, 1.82) is 0 Å². The van der Waals surface area contributed by atoms with E-state index in [1.807, 2.05) is 47.8 Å². The molecule has 0 N–H and O–H groups in total. The molecule has 152 valence electrons. The van der Waals surface area contributed by atoms with E-state index >= 15 is 0 Å². The van der Waals surface area contributed by atoms with Crippen LogP contribution in [0.3, 0.4) is 0 Å². The van der Waals surface area contributed by atoms with E-state index in [1.165, 1.54) is 22.2 Å². The normalized spacial score (nSPS) is 12.3. The minimum absolute atomic E-state index is 0.239. The predicted molar refractivity (Wildman–Crippen MR) is 121 cm³/mol. The molecule has 0 radical (unpaired) electrons. The van der Waals surface area contributed by atoms with Crippen LogP contribution in [0, 0.1) is 0 Å². The first-order valence-corrected chi connectivity index (χ1v) is 10.7. The standard InChI is InChI=1S/C24H22N2O3S/c1-15(2)29-24(28)16(3)26-14-25-22-21(23(26)27)20(13-30-22)19-11-9-18(10-12-19)17-7-5-4-6-8-17/h4-16H,1-3H3. The third-order valence-corrected chi connectivity index (χ3v) is 5.82. The van der Waals surface area contributed by atoms with Gasteiger partial charge in [-0.2, -0.15) is 0 Å². The van der Waals surface area contributed by atoms with Gasteiger partial charge in [-0.05, 0) is 37.5 Å². The quantitative estimate of drug-likeness (QED) is 0.412. The minimum Gasteiger partial charge on any atom is -0.461 e. The van der Waals surface area contributed by atoms with E-state index in [2.05, 4.69) is 17.1 Å². The molecule has 30 heavy (non-hydrogen) atoms. The van der Waals surface area contributed by atoms with E-state index in [4.69, 9.17) is 4.74 Å². The average Bonchev–Trinajstić information content (AvgIpc) is 3.19. The molecule has 0 fully saturated rings. The maximum absolute atomic E-state index is 13.2. The Morgan fingerprint density at radius 3 is 2.27 bits per heavy atom. The van der Waals surface area contributed by atoms with Crippen LogP contribution in [0.2, 0.25) is 0 Å². The van der Waals surface area contributed by atoms with Crippen LogP contribution < -0.4 is 5.56 Å². The molecule has 6 heteroatoms. The molecule has 0 saturated carbocycles. The number of aromatic nitrogens is 2. The van der Waals surface area contributed by atoms with Crippen molar-refractivity contribution in [2.24, 2.45) is 0 Å². The van der Waals surface area contributed by atoms with Gasteiger partial charge in [0, 0.05) is 10.9 Å². The molecule has 0 amide bonds. The zero-order valence-electron chi connectivity index (χ0n) is 17.0. The number of rotatable bonds is 5. The highest BCUT2D eigenvalue weighted by Gasteiger charge is 2.22. The molecule has 4 rings (SSSR count). The molecule has 0 bridgehead atoms. The highest BCUT2D eigenvalue weighted by Crippen LogP contribution is 2.32.